The lowest BCUT2D eigenvalue weighted by Gasteiger charge is -2.20. The van der Waals surface area contributed by atoms with Gasteiger partial charge in [-0.1, -0.05) is 19.9 Å². The maximum absolute atomic E-state index is 5.45. The zero-order chi connectivity index (χ0) is 13.5. The number of thioether (sulfide) groups is 1. The Labute approximate surface area is 114 Å². The molecule has 1 rings (SSSR count). The maximum atomic E-state index is 5.45. The van der Waals surface area contributed by atoms with E-state index in [1.165, 1.54) is 5.56 Å². The van der Waals surface area contributed by atoms with Gasteiger partial charge < -0.3 is 14.8 Å². The number of rotatable bonds is 7. The van der Waals surface area contributed by atoms with Crippen molar-refractivity contribution in [1.82, 2.24) is 5.32 Å². The van der Waals surface area contributed by atoms with Crippen LogP contribution in [0.3, 0.4) is 0 Å². The Morgan fingerprint density at radius 2 is 1.94 bits per heavy atom. The number of ether oxygens (including phenoxy) is 2. The first kappa shape index (κ1) is 15.2. The molecule has 0 spiro atoms. The smallest absolute Gasteiger partial charge is 0.127 e. The topological polar surface area (TPSA) is 30.5 Å². The van der Waals surface area contributed by atoms with E-state index < -0.39 is 0 Å². The Kier molecular flexibility index (Phi) is 6.36. The summed E-state index contributed by atoms with van der Waals surface area (Å²) in [6.45, 7) is 4.42. The number of benzene rings is 1. The largest absolute Gasteiger partial charge is 0.497 e. The average Bonchev–Trinajstić information content (AvgIpc) is 2.39. The summed E-state index contributed by atoms with van der Waals surface area (Å²) < 4.78 is 10.7. The molecule has 1 aromatic rings. The fourth-order valence-electron chi connectivity index (χ4n) is 1.72. The third-order valence-electron chi connectivity index (χ3n) is 2.76. The van der Waals surface area contributed by atoms with Crippen LogP contribution in [0.15, 0.2) is 18.2 Å². The van der Waals surface area contributed by atoms with Gasteiger partial charge in [0.1, 0.15) is 11.5 Å². The summed E-state index contributed by atoms with van der Waals surface area (Å²) in [7, 11) is 5.34. The monoisotopic (exact) mass is 269 g/mol. The molecule has 0 fully saturated rings. The van der Waals surface area contributed by atoms with Gasteiger partial charge in [-0.25, -0.2) is 0 Å². The Hall–Kier alpha value is -0.870. The van der Waals surface area contributed by atoms with Crippen molar-refractivity contribution in [3.8, 4) is 11.5 Å². The van der Waals surface area contributed by atoms with E-state index in [4.69, 9.17) is 9.47 Å². The first-order valence-electron chi connectivity index (χ1n) is 6.13. The third kappa shape index (κ3) is 4.10. The molecule has 0 amide bonds. The summed E-state index contributed by atoms with van der Waals surface area (Å²) in [6.07, 6.45) is 0. The van der Waals surface area contributed by atoms with E-state index in [1.807, 2.05) is 30.9 Å². The highest BCUT2D eigenvalue weighted by molar-refractivity contribution is 7.99. The number of hydrogen-bond acceptors (Lipinski definition) is 4. The van der Waals surface area contributed by atoms with Gasteiger partial charge in [0.15, 0.2) is 0 Å². The summed E-state index contributed by atoms with van der Waals surface area (Å²) in [6, 6.07) is 6.26. The summed E-state index contributed by atoms with van der Waals surface area (Å²) in [5.41, 5.74) is 1.17. The van der Waals surface area contributed by atoms with Crippen molar-refractivity contribution >= 4 is 11.8 Å². The lowest BCUT2D eigenvalue weighted by atomic mass is 10.1. The molecule has 3 nitrogen and oxygen atoms in total. The molecule has 18 heavy (non-hydrogen) atoms. The zero-order valence-corrected chi connectivity index (χ0v) is 12.6. The van der Waals surface area contributed by atoms with Crippen molar-refractivity contribution in [2.24, 2.45) is 0 Å². The minimum Gasteiger partial charge on any atom is -0.497 e. The fraction of sp³-hybridized carbons (Fsp3) is 0.571. The van der Waals surface area contributed by atoms with E-state index >= 15 is 0 Å². The van der Waals surface area contributed by atoms with Crippen molar-refractivity contribution in [3.05, 3.63) is 23.8 Å². The second kappa shape index (κ2) is 7.54. The molecule has 1 unspecified atom stereocenters. The lowest BCUT2D eigenvalue weighted by Crippen LogP contribution is -2.20. The Morgan fingerprint density at radius 3 is 2.44 bits per heavy atom. The molecular weight excluding hydrogens is 246 g/mol. The standard InChI is InChI=1S/C14H23NO2S/c1-10(2)18-9-13(15-3)12-7-6-11(16-4)8-14(12)17-5/h6-8,10,13,15H,9H2,1-5H3. The molecule has 0 aromatic heterocycles. The normalized spacial score (nSPS) is 12.6. The molecule has 1 aromatic carbocycles. The van der Waals surface area contributed by atoms with Crippen LogP contribution in [0.2, 0.25) is 0 Å². The van der Waals surface area contributed by atoms with Crippen LogP contribution in [-0.2, 0) is 0 Å². The summed E-state index contributed by atoms with van der Waals surface area (Å²) in [4.78, 5) is 0. The van der Waals surface area contributed by atoms with Crippen LogP contribution < -0.4 is 14.8 Å². The molecule has 1 atom stereocenters. The second-order valence-corrected chi connectivity index (χ2v) is 5.94. The Morgan fingerprint density at radius 1 is 1.22 bits per heavy atom. The highest BCUT2D eigenvalue weighted by Crippen LogP contribution is 2.31. The van der Waals surface area contributed by atoms with E-state index in [-0.39, 0.29) is 0 Å². The molecule has 0 aliphatic carbocycles. The van der Waals surface area contributed by atoms with Gasteiger partial charge in [0.05, 0.1) is 14.2 Å². The minimum atomic E-state index is 0.290. The van der Waals surface area contributed by atoms with Gasteiger partial charge >= 0.3 is 0 Å². The molecule has 102 valence electrons. The number of methoxy groups -OCH3 is 2. The van der Waals surface area contributed by atoms with Crippen LogP contribution in [0.4, 0.5) is 0 Å². The SMILES string of the molecule is CNC(CSC(C)C)c1ccc(OC)cc1OC. The first-order valence-corrected chi connectivity index (χ1v) is 7.18. The molecule has 0 saturated carbocycles. The van der Waals surface area contributed by atoms with E-state index in [9.17, 15) is 0 Å². The van der Waals surface area contributed by atoms with Crippen LogP contribution in [0, 0.1) is 0 Å². The Bertz CT molecular complexity index is 369. The summed E-state index contributed by atoms with van der Waals surface area (Å²) in [5.74, 6) is 2.72. The van der Waals surface area contributed by atoms with Gasteiger partial charge in [-0.2, -0.15) is 11.8 Å². The predicted molar refractivity (Wildman–Crippen MR) is 78.9 cm³/mol. The molecule has 0 aliphatic heterocycles. The van der Waals surface area contributed by atoms with Gasteiger partial charge in [0, 0.05) is 23.4 Å². The van der Waals surface area contributed by atoms with Crippen LogP contribution >= 0.6 is 11.8 Å². The second-order valence-electron chi connectivity index (χ2n) is 4.33. The van der Waals surface area contributed by atoms with Crippen LogP contribution in [-0.4, -0.2) is 32.3 Å². The molecule has 1 N–H and O–H groups in total. The van der Waals surface area contributed by atoms with Crippen molar-refractivity contribution in [3.63, 3.8) is 0 Å². The van der Waals surface area contributed by atoms with Crippen LogP contribution in [0.1, 0.15) is 25.5 Å². The zero-order valence-electron chi connectivity index (χ0n) is 11.8. The summed E-state index contributed by atoms with van der Waals surface area (Å²) in [5, 5.41) is 3.97. The highest BCUT2D eigenvalue weighted by atomic mass is 32.2. The molecular formula is C14H23NO2S. The van der Waals surface area contributed by atoms with E-state index in [0.29, 0.717) is 11.3 Å². The van der Waals surface area contributed by atoms with Crippen LogP contribution in [0.25, 0.3) is 0 Å². The number of hydrogen-bond donors (Lipinski definition) is 1. The molecule has 4 heteroatoms. The lowest BCUT2D eigenvalue weighted by molar-refractivity contribution is 0.387. The van der Waals surface area contributed by atoms with Gasteiger partial charge in [-0.15, -0.1) is 0 Å². The van der Waals surface area contributed by atoms with E-state index in [0.717, 1.165) is 17.3 Å². The number of nitrogens with one attached hydrogen (secondary N) is 1. The molecule has 0 radical (unpaired) electrons. The predicted octanol–water partition coefficient (Wildman–Crippen LogP) is 3.11. The van der Waals surface area contributed by atoms with Crippen molar-refractivity contribution in [1.29, 1.82) is 0 Å². The Balaban J connectivity index is 2.90. The molecule has 0 aliphatic rings. The first-order chi connectivity index (χ1) is 8.62. The van der Waals surface area contributed by atoms with Gasteiger partial charge in [-0.3, -0.25) is 0 Å². The van der Waals surface area contributed by atoms with Gasteiger partial charge in [-0.05, 0) is 18.4 Å². The highest BCUT2D eigenvalue weighted by Gasteiger charge is 2.15. The van der Waals surface area contributed by atoms with E-state index in [1.54, 1.807) is 14.2 Å². The van der Waals surface area contributed by atoms with Gasteiger partial charge in [0.2, 0.25) is 0 Å². The van der Waals surface area contributed by atoms with E-state index in [2.05, 4.69) is 25.2 Å². The third-order valence-corrected chi connectivity index (χ3v) is 3.95. The molecule has 0 bridgehead atoms. The maximum Gasteiger partial charge on any atom is 0.127 e. The molecule has 0 saturated heterocycles. The van der Waals surface area contributed by atoms with Crippen LogP contribution in [0.5, 0.6) is 11.5 Å². The van der Waals surface area contributed by atoms with Crippen molar-refractivity contribution in [2.75, 3.05) is 27.0 Å². The fourth-order valence-corrected chi connectivity index (χ4v) is 2.65. The summed E-state index contributed by atoms with van der Waals surface area (Å²) >= 11 is 1.94. The van der Waals surface area contributed by atoms with Crippen molar-refractivity contribution in [2.45, 2.75) is 25.1 Å². The molecule has 0 heterocycles. The quantitative estimate of drug-likeness (QED) is 0.824. The van der Waals surface area contributed by atoms with Crippen molar-refractivity contribution < 1.29 is 9.47 Å². The minimum absolute atomic E-state index is 0.290. The van der Waals surface area contributed by atoms with Gasteiger partial charge in [0.25, 0.3) is 0 Å². The average molecular weight is 269 g/mol.